The number of amides is 2. The van der Waals surface area contributed by atoms with E-state index in [1.54, 1.807) is 25.7 Å². The number of aliphatic carboxylic acids is 1. The van der Waals surface area contributed by atoms with Gasteiger partial charge in [-0.25, -0.2) is 0 Å². The molecule has 3 aliphatic heterocycles. The zero-order valence-electron chi connectivity index (χ0n) is 23.8. The number of fused-ring (bicyclic) bond motifs is 2. The third kappa shape index (κ3) is 9.25. The van der Waals surface area contributed by atoms with Crippen LogP contribution in [0.15, 0.2) is 36.4 Å². The molecule has 2 amide bonds. The van der Waals surface area contributed by atoms with E-state index in [2.05, 4.69) is 10.6 Å². The van der Waals surface area contributed by atoms with Crippen molar-refractivity contribution >= 4 is 43.3 Å². The van der Waals surface area contributed by atoms with Crippen LogP contribution in [0.5, 0.6) is 0 Å². The Morgan fingerprint density at radius 1 is 1.07 bits per heavy atom. The fourth-order valence-corrected chi connectivity index (χ4v) is 5.88. The van der Waals surface area contributed by atoms with E-state index in [4.69, 9.17) is 23.6 Å². The molecular formula is C28H38B2IN3O8-. The molecule has 11 nitrogen and oxygen atoms in total. The molecule has 3 unspecified atom stereocenters. The van der Waals surface area contributed by atoms with Crippen LogP contribution in [0.25, 0.3) is 0 Å². The van der Waals surface area contributed by atoms with Gasteiger partial charge in [0.1, 0.15) is 0 Å². The van der Waals surface area contributed by atoms with Crippen LogP contribution >= 0.6 is 0 Å². The first-order chi connectivity index (χ1) is 20.3. The van der Waals surface area contributed by atoms with Crippen molar-refractivity contribution in [2.24, 2.45) is 11.7 Å². The van der Waals surface area contributed by atoms with Gasteiger partial charge in [-0.15, -0.1) is 0 Å². The molecule has 227 valence electrons. The molecular weight excluding hydrogens is 655 g/mol. The minimum absolute atomic E-state index is 0.0318. The van der Waals surface area contributed by atoms with E-state index in [9.17, 15) is 19.4 Å². The molecule has 1 saturated carbocycles. The van der Waals surface area contributed by atoms with Crippen molar-refractivity contribution < 1.29 is 58.9 Å². The molecule has 6 rings (SSSR count). The molecule has 42 heavy (non-hydrogen) atoms. The van der Waals surface area contributed by atoms with Gasteiger partial charge in [0.25, 0.3) is 0 Å². The topological polar surface area (TPSA) is 180 Å². The molecule has 0 aromatic heterocycles. The first-order valence-corrected chi connectivity index (χ1v) is 16.2. The van der Waals surface area contributed by atoms with Crippen LogP contribution in [0, 0.1) is 9.49 Å². The Morgan fingerprint density at radius 2 is 1.83 bits per heavy atom. The number of rotatable bonds is 5. The number of carboxylic acid groups (broad SMARTS) is 1. The molecule has 1 saturated heterocycles. The summed E-state index contributed by atoms with van der Waals surface area (Å²) < 4.78 is 20.1. The molecule has 3 heterocycles. The number of nitrogens with two attached hydrogens (primary N) is 1. The quantitative estimate of drug-likeness (QED) is 0.139. The Hall–Kier alpha value is -2.49. The number of hydrogen-bond acceptors (Lipinski definition) is 8. The van der Waals surface area contributed by atoms with Gasteiger partial charge in [-0.2, -0.15) is 0 Å². The predicted octanol–water partition coefficient (Wildman–Crippen LogP) is -3.24. The first kappa shape index (κ1) is 34.0. The Morgan fingerprint density at radius 3 is 2.50 bits per heavy atom. The molecule has 14 heteroatoms. The molecule has 0 spiro atoms. The molecule has 2 aromatic carbocycles. The summed E-state index contributed by atoms with van der Waals surface area (Å²) >= 11 is -0.774. The van der Waals surface area contributed by atoms with E-state index in [1.807, 2.05) is 32.0 Å². The van der Waals surface area contributed by atoms with Crippen molar-refractivity contribution in [3.8, 4) is 0 Å². The molecule has 4 aliphatic rings. The Bertz CT molecular complexity index is 1230. The molecule has 7 N–H and O–H groups in total. The minimum atomic E-state index is -0.922. The molecule has 0 bridgehead atoms. The number of primary amides is 1. The van der Waals surface area contributed by atoms with Crippen molar-refractivity contribution in [3.63, 3.8) is 0 Å². The summed E-state index contributed by atoms with van der Waals surface area (Å²) in [5.74, 6) is -1.72. The second-order valence-electron chi connectivity index (χ2n) is 9.94. The maximum absolute atomic E-state index is 11.8. The van der Waals surface area contributed by atoms with Gasteiger partial charge in [0.05, 0.1) is 18.6 Å². The second kappa shape index (κ2) is 17.0. The maximum atomic E-state index is 11.8. The van der Waals surface area contributed by atoms with E-state index in [0.29, 0.717) is 30.7 Å². The number of halogens is 1. The van der Waals surface area contributed by atoms with Crippen molar-refractivity contribution in [1.82, 2.24) is 10.6 Å². The van der Waals surface area contributed by atoms with Crippen LogP contribution in [0.2, 0.25) is 0 Å². The Balaban J connectivity index is 0.000000170. The SMILES string of the molecule is CC.NC(=O)c1ccc2c(c1)B(O)OC2.O=C(NC1CCCC1C(=O)O)C1CCCN1.O[I-]c1ccc2c(c1)[B]OC2. The van der Waals surface area contributed by atoms with Gasteiger partial charge in [-0.3, -0.25) is 14.4 Å². The van der Waals surface area contributed by atoms with Gasteiger partial charge in [-0.1, -0.05) is 26.3 Å². The number of nitrogens with one attached hydrogen (secondary N) is 2. The van der Waals surface area contributed by atoms with Crippen LogP contribution in [0.4, 0.5) is 0 Å². The average molecular weight is 693 g/mol. The van der Waals surface area contributed by atoms with Crippen molar-refractivity contribution in [1.29, 1.82) is 0 Å². The summed E-state index contributed by atoms with van der Waals surface area (Å²) in [6.07, 6.45) is 4.23. The van der Waals surface area contributed by atoms with Crippen molar-refractivity contribution in [3.05, 3.63) is 56.7 Å². The van der Waals surface area contributed by atoms with Gasteiger partial charge in [0.2, 0.25) is 11.8 Å². The van der Waals surface area contributed by atoms with E-state index in [-0.39, 0.29) is 18.0 Å². The molecule has 1 radical (unpaired) electrons. The van der Waals surface area contributed by atoms with Gasteiger partial charge in [0.15, 0.2) is 0 Å². The summed E-state index contributed by atoms with van der Waals surface area (Å²) in [5.41, 5.74) is 9.36. The van der Waals surface area contributed by atoms with Crippen molar-refractivity contribution in [2.75, 3.05) is 6.54 Å². The normalized spacial score (nSPS) is 21.3. The standard InChI is InChI=1S/C11H18N2O3.C8H8BNO3.C7H6BIO2.C2H6/c14-10(9-5-2-6-12-9)13-8-4-1-3-7(8)11(15)16;10-8(11)5-1-2-6-4-13-9(12)7(6)3-5;10-9-6-2-1-5-4-11-8-7(5)3-6;1-2/h7-9,12H,1-6H2,(H,13,14)(H,15,16);1-3,12H,4H2,(H2,10,11);1-3,10H,4H2;1-2H3/q;;-1;. The summed E-state index contributed by atoms with van der Waals surface area (Å²) in [4.78, 5) is 33.6. The number of benzene rings is 2. The van der Waals surface area contributed by atoms with Gasteiger partial charge in [0, 0.05) is 11.6 Å². The fourth-order valence-electron chi connectivity index (χ4n) is 5.07. The van der Waals surface area contributed by atoms with Crippen LogP contribution in [-0.2, 0) is 32.1 Å². The third-order valence-corrected chi connectivity index (χ3v) is 8.51. The Kier molecular flexibility index (Phi) is 13.7. The molecule has 2 aromatic rings. The van der Waals surface area contributed by atoms with E-state index in [0.717, 1.165) is 46.8 Å². The molecule has 1 aliphatic carbocycles. The predicted molar refractivity (Wildman–Crippen MR) is 154 cm³/mol. The number of carbonyl (C=O) groups excluding carboxylic acids is 2. The van der Waals surface area contributed by atoms with Crippen LogP contribution in [-0.4, -0.2) is 64.6 Å². The van der Waals surface area contributed by atoms with Gasteiger partial charge >= 0.3 is 89.7 Å². The van der Waals surface area contributed by atoms with Crippen LogP contribution in [0.1, 0.15) is 67.4 Å². The Labute approximate surface area is 258 Å². The van der Waals surface area contributed by atoms with Gasteiger partial charge < -0.3 is 31.2 Å². The summed E-state index contributed by atoms with van der Waals surface area (Å²) in [6, 6.07) is 10.6. The average Bonchev–Trinajstić information content (AvgIpc) is 3.82. The van der Waals surface area contributed by atoms with E-state index >= 15 is 0 Å². The van der Waals surface area contributed by atoms with Crippen LogP contribution in [0.3, 0.4) is 0 Å². The zero-order valence-corrected chi connectivity index (χ0v) is 26.0. The molecule has 2 fully saturated rings. The number of carbonyl (C=O) groups is 3. The first-order valence-electron chi connectivity index (χ1n) is 14.1. The monoisotopic (exact) mass is 693 g/mol. The fraction of sp³-hybridized carbons (Fsp3) is 0.464. The third-order valence-electron chi connectivity index (χ3n) is 7.29. The second-order valence-corrected chi connectivity index (χ2v) is 11.7. The van der Waals surface area contributed by atoms with Crippen LogP contribution < -0.4 is 48.9 Å². The molecule has 3 atom stereocenters. The number of carboxylic acids is 1. The summed E-state index contributed by atoms with van der Waals surface area (Å²) in [7, 11) is 0.826. The van der Waals surface area contributed by atoms with Crippen molar-refractivity contribution in [2.45, 2.75) is 71.2 Å². The number of hydrogen-bond donors (Lipinski definition) is 6. The zero-order chi connectivity index (χ0) is 30.6. The summed E-state index contributed by atoms with van der Waals surface area (Å²) in [6.45, 7) is 5.94. The van der Waals surface area contributed by atoms with Gasteiger partial charge in [-0.05, 0) is 55.4 Å². The van der Waals surface area contributed by atoms with E-state index < -0.39 is 46.5 Å². The summed E-state index contributed by atoms with van der Waals surface area (Å²) in [5, 5.41) is 24.3. The van der Waals surface area contributed by atoms with E-state index in [1.165, 1.54) is 5.56 Å².